The van der Waals surface area contributed by atoms with Gasteiger partial charge < -0.3 is 20.5 Å². The number of carbonyl (C=O) groups is 1. The van der Waals surface area contributed by atoms with Crippen LogP contribution in [-0.2, 0) is 4.74 Å². The van der Waals surface area contributed by atoms with Crippen LogP contribution in [0.1, 0.15) is 38.9 Å². The van der Waals surface area contributed by atoms with Crippen molar-refractivity contribution in [1.82, 2.24) is 10.6 Å². The van der Waals surface area contributed by atoms with Crippen LogP contribution in [0.3, 0.4) is 0 Å². The van der Waals surface area contributed by atoms with Crippen molar-refractivity contribution in [3.05, 3.63) is 35.6 Å². The number of urea groups is 1. The predicted octanol–water partition coefficient (Wildman–Crippen LogP) is 2.36. The van der Waals surface area contributed by atoms with E-state index in [1.165, 1.54) is 12.1 Å². The first-order chi connectivity index (χ1) is 10.2. The molecule has 124 valence electrons. The molecule has 0 heterocycles. The Morgan fingerprint density at radius 3 is 2.64 bits per heavy atom. The topological polar surface area (TPSA) is 70.6 Å². The molecule has 1 aromatic carbocycles. The summed E-state index contributed by atoms with van der Waals surface area (Å²) < 4.78 is 18.8. The highest BCUT2D eigenvalue weighted by Gasteiger charge is 2.21. The molecule has 22 heavy (non-hydrogen) atoms. The minimum Gasteiger partial charge on any atom is -0.386 e. The van der Waals surface area contributed by atoms with E-state index in [0.29, 0.717) is 6.42 Å². The quantitative estimate of drug-likeness (QED) is 0.724. The number of carbonyl (C=O) groups excluding carboxylic acids is 1. The molecule has 5 nitrogen and oxygen atoms in total. The van der Waals surface area contributed by atoms with Gasteiger partial charge in [0, 0.05) is 25.3 Å². The summed E-state index contributed by atoms with van der Waals surface area (Å²) in [6.07, 6.45) is -0.440. The van der Waals surface area contributed by atoms with Gasteiger partial charge in [-0.05, 0) is 33.3 Å². The Kier molecular flexibility index (Phi) is 6.77. The number of aliphatic hydroxyl groups excluding tert-OH is 1. The van der Waals surface area contributed by atoms with Gasteiger partial charge in [0.1, 0.15) is 5.82 Å². The zero-order valence-corrected chi connectivity index (χ0v) is 13.5. The van der Waals surface area contributed by atoms with Crippen LogP contribution < -0.4 is 10.6 Å². The average molecular weight is 312 g/mol. The number of aliphatic hydroxyl groups is 1. The van der Waals surface area contributed by atoms with Crippen LogP contribution in [0, 0.1) is 5.82 Å². The standard InChI is InChI=1S/C16H25FN2O3/c1-11(9-16(2,3)22-4)19-15(21)18-10-14(20)12-7-5-6-8-13(12)17/h5-8,11,14,20H,9-10H2,1-4H3,(H2,18,19,21). The minimum atomic E-state index is -1.09. The third-order valence-electron chi connectivity index (χ3n) is 3.45. The number of nitrogens with one attached hydrogen (secondary N) is 2. The highest BCUT2D eigenvalue weighted by Crippen LogP contribution is 2.16. The van der Waals surface area contributed by atoms with Gasteiger partial charge in [0.25, 0.3) is 0 Å². The fraction of sp³-hybridized carbons (Fsp3) is 0.562. The number of amides is 2. The van der Waals surface area contributed by atoms with Crippen molar-refractivity contribution in [2.45, 2.75) is 44.9 Å². The molecule has 0 spiro atoms. The molecule has 2 amide bonds. The summed E-state index contributed by atoms with van der Waals surface area (Å²) >= 11 is 0. The fourth-order valence-electron chi connectivity index (χ4n) is 2.19. The molecule has 6 heteroatoms. The normalized spacial score (nSPS) is 14.3. The second-order valence-corrected chi connectivity index (χ2v) is 5.96. The highest BCUT2D eigenvalue weighted by molar-refractivity contribution is 5.74. The summed E-state index contributed by atoms with van der Waals surface area (Å²) in [5, 5.41) is 15.2. The zero-order chi connectivity index (χ0) is 16.8. The van der Waals surface area contributed by atoms with Gasteiger partial charge in [-0.25, -0.2) is 9.18 Å². The Labute approximate surface area is 130 Å². The maximum absolute atomic E-state index is 13.5. The Hall–Kier alpha value is -1.66. The van der Waals surface area contributed by atoms with Gasteiger partial charge in [-0.1, -0.05) is 18.2 Å². The second kappa shape index (κ2) is 8.10. The van der Waals surface area contributed by atoms with Crippen LogP contribution >= 0.6 is 0 Å². The van der Waals surface area contributed by atoms with Crippen molar-refractivity contribution in [1.29, 1.82) is 0 Å². The molecule has 3 N–H and O–H groups in total. The summed E-state index contributed by atoms with van der Waals surface area (Å²) in [5.41, 5.74) is -0.171. The van der Waals surface area contributed by atoms with Crippen molar-refractivity contribution in [2.24, 2.45) is 0 Å². The molecule has 1 rings (SSSR count). The number of benzene rings is 1. The number of hydrogen-bond acceptors (Lipinski definition) is 3. The monoisotopic (exact) mass is 312 g/mol. The van der Waals surface area contributed by atoms with Crippen LogP contribution in [0.25, 0.3) is 0 Å². The zero-order valence-electron chi connectivity index (χ0n) is 13.5. The van der Waals surface area contributed by atoms with Crippen LogP contribution in [0.5, 0.6) is 0 Å². The SMILES string of the molecule is COC(C)(C)CC(C)NC(=O)NCC(O)c1ccccc1F. The maximum atomic E-state index is 13.5. The van der Waals surface area contributed by atoms with E-state index in [-0.39, 0.29) is 23.8 Å². The molecule has 1 aromatic rings. The van der Waals surface area contributed by atoms with Gasteiger partial charge in [-0.15, -0.1) is 0 Å². The van der Waals surface area contributed by atoms with Crippen LogP contribution in [0.2, 0.25) is 0 Å². The Morgan fingerprint density at radius 2 is 2.05 bits per heavy atom. The Balaban J connectivity index is 2.41. The second-order valence-electron chi connectivity index (χ2n) is 5.96. The summed E-state index contributed by atoms with van der Waals surface area (Å²) in [7, 11) is 1.62. The van der Waals surface area contributed by atoms with E-state index in [1.807, 2.05) is 20.8 Å². The fourth-order valence-corrected chi connectivity index (χ4v) is 2.19. The summed E-state index contributed by atoms with van der Waals surface area (Å²) in [6, 6.07) is 5.44. The van der Waals surface area contributed by atoms with Crippen LogP contribution in [0.15, 0.2) is 24.3 Å². The molecule has 0 aliphatic heterocycles. The van der Waals surface area contributed by atoms with Gasteiger partial charge in [0.05, 0.1) is 11.7 Å². The largest absolute Gasteiger partial charge is 0.386 e. The van der Waals surface area contributed by atoms with E-state index < -0.39 is 18.0 Å². The number of methoxy groups -OCH3 is 1. The Bertz CT molecular complexity index is 494. The number of hydrogen-bond donors (Lipinski definition) is 3. The molecule has 0 radical (unpaired) electrons. The van der Waals surface area contributed by atoms with E-state index in [4.69, 9.17) is 4.74 Å². The molecule has 0 saturated heterocycles. The maximum Gasteiger partial charge on any atom is 0.315 e. The van der Waals surface area contributed by atoms with Gasteiger partial charge >= 0.3 is 6.03 Å². The van der Waals surface area contributed by atoms with Crippen molar-refractivity contribution >= 4 is 6.03 Å². The van der Waals surface area contributed by atoms with E-state index in [9.17, 15) is 14.3 Å². The van der Waals surface area contributed by atoms with Crippen molar-refractivity contribution < 1.29 is 19.0 Å². The van der Waals surface area contributed by atoms with E-state index in [1.54, 1.807) is 19.2 Å². The van der Waals surface area contributed by atoms with Gasteiger partial charge in [0.15, 0.2) is 0 Å². The molecule has 0 bridgehead atoms. The smallest absolute Gasteiger partial charge is 0.315 e. The lowest BCUT2D eigenvalue weighted by Gasteiger charge is -2.27. The first kappa shape index (κ1) is 18.4. The lowest BCUT2D eigenvalue weighted by atomic mass is 10.00. The summed E-state index contributed by atoms with van der Waals surface area (Å²) in [5.74, 6) is -0.493. The number of halogens is 1. The molecular formula is C16H25FN2O3. The van der Waals surface area contributed by atoms with Crippen molar-refractivity contribution in [2.75, 3.05) is 13.7 Å². The van der Waals surface area contributed by atoms with E-state index in [0.717, 1.165) is 0 Å². The third kappa shape index (κ3) is 5.99. The van der Waals surface area contributed by atoms with E-state index in [2.05, 4.69) is 10.6 Å². The molecule has 0 saturated carbocycles. The first-order valence-corrected chi connectivity index (χ1v) is 7.27. The van der Waals surface area contributed by atoms with Crippen molar-refractivity contribution in [3.63, 3.8) is 0 Å². The Morgan fingerprint density at radius 1 is 1.41 bits per heavy atom. The summed E-state index contributed by atoms with van der Waals surface area (Å²) in [6.45, 7) is 5.68. The third-order valence-corrected chi connectivity index (χ3v) is 3.45. The lowest BCUT2D eigenvalue weighted by molar-refractivity contribution is 0.00947. The summed E-state index contributed by atoms with van der Waals surface area (Å²) in [4.78, 5) is 11.8. The van der Waals surface area contributed by atoms with Crippen molar-refractivity contribution in [3.8, 4) is 0 Å². The van der Waals surface area contributed by atoms with Gasteiger partial charge in [-0.2, -0.15) is 0 Å². The molecule has 0 aromatic heterocycles. The van der Waals surface area contributed by atoms with Gasteiger partial charge in [-0.3, -0.25) is 0 Å². The molecular weight excluding hydrogens is 287 g/mol. The first-order valence-electron chi connectivity index (χ1n) is 7.27. The molecule has 0 aliphatic rings. The van der Waals surface area contributed by atoms with Crippen LogP contribution in [-0.4, -0.2) is 36.4 Å². The lowest BCUT2D eigenvalue weighted by Crippen LogP contribution is -2.45. The van der Waals surface area contributed by atoms with Gasteiger partial charge in [0.2, 0.25) is 0 Å². The molecule has 0 fully saturated rings. The number of ether oxygens (including phenoxy) is 1. The average Bonchev–Trinajstić information content (AvgIpc) is 2.44. The molecule has 2 unspecified atom stereocenters. The predicted molar refractivity (Wildman–Crippen MR) is 83.1 cm³/mol. The minimum absolute atomic E-state index is 0.0623. The number of rotatable bonds is 7. The molecule has 2 atom stereocenters. The van der Waals surface area contributed by atoms with Crippen LogP contribution in [0.4, 0.5) is 9.18 Å². The molecule has 0 aliphatic carbocycles. The highest BCUT2D eigenvalue weighted by atomic mass is 19.1. The van der Waals surface area contributed by atoms with E-state index >= 15 is 0 Å².